The summed E-state index contributed by atoms with van der Waals surface area (Å²) in [5, 5.41) is 0. The third kappa shape index (κ3) is 3.63. The zero-order valence-electron chi connectivity index (χ0n) is 10.9. The van der Waals surface area contributed by atoms with Gasteiger partial charge in [-0.2, -0.15) is 0 Å². The second-order valence-corrected chi connectivity index (χ2v) is 4.99. The lowest BCUT2D eigenvalue weighted by Gasteiger charge is -2.10. The van der Waals surface area contributed by atoms with E-state index in [1.165, 1.54) is 13.2 Å². The molecule has 0 fully saturated rings. The minimum Gasteiger partial charge on any atom is -0.496 e. The van der Waals surface area contributed by atoms with E-state index in [-0.39, 0.29) is 5.78 Å². The van der Waals surface area contributed by atoms with Crippen LogP contribution in [0, 0.1) is 3.57 Å². The number of nitrogens with zero attached hydrogens (tertiary/aromatic N) is 1. The second-order valence-electron chi connectivity index (χ2n) is 3.83. The van der Waals surface area contributed by atoms with Crippen molar-refractivity contribution in [3.05, 3.63) is 33.5 Å². The van der Waals surface area contributed by atoms with Crippen LogP contribution >= 0.6 is 22.6 Å². The van der Waals surface area contributed by atoms with Crippen molar-refractivity contribution in [3.8, 4) is 11.5 Å². The van der Waals surface area contributed by atoms with Crippen molar-refractivity contribution in [2.75, 3.05) is 28.3 Å². The van der Waals surface area contributed by atoms with E-state index < -0.39 is 0 Å². The molecule has 4 nitrogen and oxygen atoms in total. The normalized spacial score (nSPS) is 10.5. The standard InChI is InChI=1S/C13H16INO3/c1-15(2)6-5-11(16)9-7-10(14)13(18-4)8-12(9)17-3/h5-8H,1-4H3. The highest BCUT2D eigenvalue weighted by atomic mass is 127. The fraction of sp³-hybridized carbons (Fsp3) is 0.308. The molecule has 0 N–H and O–H groups in total. The Kier molecular flexibility index (Phi) is 5.46. The molecule has 1 aromatic carbocycles. The van der Waals surface area contributed by atoms with Gasteiger partial charge in [0, 0.05) is 32.4 Å². The molecule has 5 heteroatoms. The summed E-state index contributed by atoms with van der Waals surface area (Å²) in [7, 11) is 6.84. The summed E-state index contributed by atoms with van der Waals surface area (Å²) in [6.07, 6.45) is 3.22. The van der Waals surface area contributed by atoms with E-state index in [4.69, 9.17) is 9.47 Å². The molecule has 1 rings (SSSR count). The van der Waals surface area contributed by atoms with Crippen LogP contribution in [-0.4, -0.2) is 39.0 Å². The number of allylic oxidation sites excluding steroid dienone is 1. The third-order valence-corrected chi connectivity index (χ3v) is 3.11. The van der Waals surface area contributed by atoms with Crippen LogP contribution < -0.4 is 9.47 Å². The Labute approximate surface area is 121 Å². The molecular weight excluding hydrogens is 345 g/mol. The van der Waals surface area contributed by atoms with E-state index in [2.05, 4.69) is 22.6 Å². The highest BCUT2D eigenvalue weighted by Crippen LogP contribution is 2.30. The quantitative estimate of drug-likeness (QED) is 0.459. The Morgan fingerprint density at radius 3 is 2.33 bits per heavy atom. The number of rotatable bonds is 5. The van der Waals surface area contributed by atoms with Gasteiger partial charge in [0.05, 0.1) is 23.4 Å². The van der Waals surface area contributed by atoms with Gasteiger partial charge in [0.15, 0.2) is 5.78 Å². The minimum absolute atomic E-state index is 0.0962. The van der Waals surface area contributed by atoms with Gasteiger partial charge < -0.3 is 14.4 Å². The topological polar surface area (TPSA) is 38.8 Å². The summed E-state index contributed by atoms with van der Waals surface area (Å²) < 4.78 is 11.3. The smallest absolute Gasteiger partial charge is 0.191 e. The van der Waals surface area contributed by atoms with Gasteiger partial charge in [-0.15, -0.1) is 0 Å². The third-order valence-electron chi connectivity index (χ3n) is 2.26. The molecule has 1 aromatic rings. The Morgan fingerprint density at radius 1 is 1.22 bits per heavy atom. The van der Waals surface area contributed by atoms with Gasteiger partial charge in [-0.1, -0.05) is 0 Å². The van der Waals surface area contributed by atoms with Crippen LogP contribution in [0.2, 0.25) is 0 Å². The van der Waals surface area contributed by atoms with Gasteiger partial charge in [0.1, 0.15) is 11.5 Å². The Balaban J connectivity index is 3.15. The van der Waals surface area contributed by atoms with Gasteiger partial charge in [-0.05, 0) is 28.7 Å². The van der Waals surface area contributed by atoms with E-state index >= 15 is 0 Å². The number of halogens is 1. The number of carbonyl (C=O) groups excluding carboxylic acids is 1. The van der Waals surface area contributed by atoms with E-state index in [9.17, 15) is 4.79 Å². The molecule has 0 amide bonds. The maximum absolute atomic E-state index is 12.0. The van der Waals surface area contributed by atoms with Crippen LogP contribution in [-0.2, 0) is 0 Å². The molecule has 0 spiro atoms. The van der Waals surface area contributed by atoms with Crippen LogP contribution in [0.25, 0.3) is 0 Å². The van der Waals surface area contributed by atoms with Crippen molar-refractivity contribution in [2.24, 2.45) is 0 Å². The summed E-state index contributed by atoms with van der Waals surface area (Å²) in [6, 6.07) is 3.49. The Bertz CT molecular complexity index is 470. The van der Waals surface area contributed by atoms with E-state index in [0.717, 1.165) is 3.57 Å². The minimum atomic E-state index is -0.0962. The molecule has 0 aliphatic heterocycles. The number of ether oxygens (including phenoxy) is 2. The average molecular weight is 361 g/mol. The zero-order chi connectivity index (χ0) is 13.7. The van der Waals surface area contributed by atoms with Gasteiger partial charge >= 0.3 is 0 Å². The first kappa shape index (κ1) is 14.8. The molecule has 0 atom stereocenters. The van der Waals surface area contributed by atoms with E-state index in [1.54, 1.807) is 30.3 Å². The number of ketones is 1. The average Bonchev–Trinajstić information content (AvgIpc) is 2.35. The molecule has 18 heavy (non-hydrogen) atoms. The largest absolute Gasteiger partial charge is 0.496 e. The molecular formula is C13H16INO3. The van der Waals surface area contributed by atoms with Crippen molar-refractivity contribution in [2.45, 2.75) is 0 Å². The first-order chi connectivity index (χ1) is 8.49. The van der Waals surface area contributed by atoms with Crippen LogP contribution in [0.1, 0.15) is 10.4 Å². The van der Waals surface area contributed by atoms with Crippen LogP contribution in [0.4, 0.5) is 0 Å². The molecule has 0 aliphatic carbocycles. The van der Waals surface area contributed by atoms with Crippen molar-refractivity contribution in [3.63, 3.8) is 0 Å². The number of hydrogen-bond donors (Lipinski definition) is 0. The molecule has 0 saturated carbocycles. The summed E-state index contributed by atoms with van der Waals surface area (Å²) in [6.45, 7) is 0. The monoisotopic (exact) mass is 361 g/mol. The number of benzene rings is 1. The van der Waals surface area contributed by atoms with Crippen molar-refractivity contribution < 1.29 is 14.3 Å². The molecule has 0 heterocycles. The maximum Gasteiger partial charge on any atom is 0.191 e. The molecule has 0 saturated heterocycles. The van der Waals surface area contributed by atoms with Gasteiger partial charge in [-0.25, -0.2) is 0 Å². The molecule has 0 aliphatic rings. The van der Waals surface area contributed by atoms with Gasteiger partial charge in [0.2, 0.25) is 0 Å². The molecule has 0 radical (unpaired) electrons. The van der Waals surface area contributed by atoms with Crippen molar-refractivity contribution >= 4 is 28.4 Å². The lowest BCUT2D eigenvalue weighted by atomic mass is 10.1. The summed E-state index contributed by atoms with van der Waals surface area (Å²) >= 11 is 2.13. The Morgan fingerprint density at radius 2 is 1.83 bits per heavy atom. The van der Waals surface area contributed by atoms with Crippen molar-refractivity contribution in [1.29, 1.82) is 0 Å². The fourth-order valence-electron chi connectivity index (χ4n) is 1.36. The van der Waals surface area contributed by atoms with Crippen LogP contribution in [0.5, 0.6) is 11.5 Å². The summed E-state index contributed by atoms with van der Waals surface area (Å²) in [5.41, 5.74) is 0.529. The number of hydrogen-bond acceptors (Lipinski definition) is 4. The fourth-order valence-corrected chi connectivity index (χ4v) is 2.05. The van der Waals surface area contributed by atoms with Crippen LogP contribution in [0.15, 0.2) is 24.4 Å². The number of methoxy groups -OCH3 is 2. The molecule has 98 valence electrons. The van der Waals surface area contributed by atoms with Gasteiger partial charge in [-0.3, -0.25) is 4.79 Å². The van der Waals surface area contributed by atoms with Gasteiger partial charge in [0.25, 0.3) is 0 Å². The molecule has 0 aromatic heterocycles. The lowest BCUT2D eigenvalue weighted by Crippen LogP contribution is -2.05. The SMILES string of the molecule is COc1cc(OC)c(C(=O)C=CN(C)C)cc1I. The van der Waals surface area contributed by atoms with Crippen LogP contribution in [0.3, 0.4) is 0 Å². The lowest BCUT2D eigenvalue weighted by molar-refractivity contribution is 0.104. The summed E-state index contributed by atoms with van der Waals surface area (Å²) in [4.78, 5) is 13.8. The predicted molar refractivity (Wildman–Crippen MR) is 79.4 cm³/mol. The maximum atomic E-state index is 12.0. The van der Waals surface area contributed by atoms with E-state index in [1.807, 2.05) is 14.1 Å². The summed E-state index contributed by atoms with van der Waals surface area (Å²) in [5.74, 6) is 1.11. The molecule has 0 bridgehead atoms. The first-order valence-electron chi connectivity index (χ1n) is 5.30. The zero-order valence-corrected chi connectivity index (χ0v) is 13.0. The predicted octanol–water partition coefficient (Wildman–Crippen LogP) is 2.57. The highest BCUT2D eigenvalue weighted by Gasteiger charge is 2.14. The first-order valence-corrected chi connectivity index (χ1v) is 6.38. The van der Waals surface area contributed by atoms with Crippen molar-refractivity contribution in [1.82, 2.24) is 4.90 Å². The number of carbonyl (C=O) groups is 1. The molecule has 0 unspecified atom stereocenters. The second kappa shape index (κ2) is 6.63. The Hall–Kier alpha value is -1.24. The van der Waals surface area contributed by atoms with E-state index in [0.29, 0.717) is 17.1 Å². The highest BCUT2D eigenvalue weighted by molar-refractivity contribution is 14.1.